The first kappa shape index (κ1) is 19.5. The van der Waals surface area contributed by atoms with Gasteiger partial charge in [-0.25, -0.2) is 4.39 Å². The SMILES string of the molecule is CCOc1ccc(CN2C[C@@H](c3ccc(F)cc3)[C@H](c3ccn[nH]3)C2)cc1OC. The Morgan fingerprint density at radius 3 is 2.55 bits per heavy atom. The molecule has 0 spiro atoms. The molecule has 0 unspecified atom stereocenters. The summed E-state index contributed by atoms with van der Waals surface area (Å²) in [5.41, 5.74) is 3.44. The van der Waals surface area contributed by atoms with Gasteiger partial charge in [0, 0.05) is 43.4 Å². The molecule has 0 saturated carbocycles. The minimum Gasteiger partial charge on any atom is -0.493 e. The Bertz CT molecular complexity index is 928. The molecule has 0 radical (unpaired) electrons. The number of rotatable bonds is 7. The van der Waals surface area contributed by atoms with Crippen molar-refractivity contribution < 1.29 is 13.9 Å². The molecular weight excluding hydrogens is 369 g/mol. The fourth-order valence-corrected chi connectivity index (χ4v) is 4.19. The van der Waals surface area contributed by atoms with Gasteiger partial charge in [0.1, 0.15) is 5.82 Å². The van der Waals surface area contributed by atoms with Crippen LogP contribution < -0.4 is 9.47 Å². The maximum Gasteiger partial charge on any atom is 0.161 e. The van der Waals surface area contributed by atoms with Gasteiger partial charge in [-0.15, -0.1) is 0 Å². The lowest BCUT2D eigenvalue weighted by molar-refractivity contribution is 0.306. The summed E-state index contributed by atoms with van der Waals surface area (Å²) in [6.07, 6.45) is 1.79. The smallest absolute Gasteiger partial charge is 0.161 e. The Kier molecular flexibility index (Phi) is 5.81. The van der Waals surface area contributed by atoms with Gasteiger partial charge in [0.25, 0.3) is 0 Å². The molecular formula is C23H26FN3O2. The highest BCUT2D eigenvalue weighted by Crippen LogP contribution is 2.40. The fourth-order valence-electron chi connectivity index (χ4n) is 4.19. The molecule has 1 aliphatic rings. The number of H-pyrrole nitrogens is 1. The van der Waals surface area contributed by atoms with Crippen LogP contribution >= 0.6 is 0 Å². The molecule has 2 heterocycles. The summed E-state index contributed by atoms with van der Waals surface area (Å²) in [6.45, 7) is 5.17. The lowest BCUT2D eigenvalue weighted by Gasteiger charge is -2.18. The average molecular weight is 395 g/mol. The highest BCUT2D eigenvalue weighted by molar-refractivity contribution is 5.43. The summed E-state index contributed by atoms with van der Waals surface area (Å²) >= 11 is 0. The van der Waals surface area contributed by atoms with Gasteiger partial charge in [0.05, 0.1) is 13.7 Å². The molecule has 1 N–H and O–H groups in total. The molecule has 2 aromatic carbocycles. The van der Waals surface area contributed by atoms with Crippen molar-refractivity contribution in [2.45, 2.75) is 25.3 Å². The molecule has 5 nitrogen and oxygen atoms in total. The summed E-state index contributed by atoms with van der Waals surface area (Å²) < 4.78 is 24.5. The van der Waals surface area contributed by atoms with Crippen LogP contribution in [0.1, 0.15) is 35.6 Å². The highest BCUT2D eigenvalue weighted by Gasteiger charge is 2.35. The van der Waals surface area contributed by atoms with Crippen LogP contribution in [0.25, 0.3) is 0 Å². The van der Waals surface area contributed by atoms with E-state index in [0.29, 0.717) is 6.61 Å². The Labute approximate surface area is 170 Å². The van der Waals surface area contributed by atoms with Gasteiger partial charge in [-0.05, 0) is 48.4 Å². The zero-order valence-electron chi connectivity index (χ0n) is 16.8. The summed E-state index contributed by atoms with van der Waals surface area (Å²) in [5, 5.41) is 7.26. The molecule has 2 atom stereocenters. The van der Waals surface area contributed by atoms with E-state index < -0.39 is 0 Å². The second-order valence-corrected chi connectivity index (χ2v) is 7.39. The predicted octanol–water partition coefficient (Wildman–Crippen LogP) is 4.34. The monoisotopic (exact) mass is 395 g/mol. The zero-order valence-corrected chi connectivity index (χ0v) is 16.8. The van der Waals surface area contributed by atoms with E-state index >= 15 is 0 Å². The van der Waals surface area contributed by atoms with E-state index in [9.17, 15) is 4.39 Å². The largest absolute Gasteiger partial charge is 0.493 e. The van der Waals surface area contributed by atoms with E-state index in [1.54, 1.807) is 25.4 Å². The number of nitrogens with zero attached hydrogens (tertiary/aromatic N) is 2. The molecule has 0 bridgehead atoms. The van der Waals surface area contributed by atoms with E-state index in [4.69, 9.17) is 9.47 Å². The van der Waals surface area contributed by atoms with E-state index in [1.807, 2.05) is 37.3 Å². The number of hydrogen-bond acceptors (Lipinski definition) is 4. The third-order valence-corrected chi connectivity index (χ3v) is 5.55. The highest BCUT2D eigenvalue weighted by atomic mass is 19.1. The zero-order chi connectivity index (χ0) is 20.2. The van der Waals surface area contributed by atoms with Crippen LogP contribution in [0, 0.1) is 5.82 Å². The molecule has 0 aliphatic carbocycles. The molecule has 1 saturated heterocycles. The minimum absolute atomic E-state index is 0.205. The van der Waals surface area contributed by atoms with Crippen molar-refractivity contribution in [2.75, 3.05) is 26.8 Å². The number of halogens is 1. The maximum absolute atomic E-state index is 13.4. The van der Waals surface area contributed by atoms with Crippen molar-refractivity contribution in [1.82, 2.24) is 15.1 Å². The number of aromatic amines is 1. The van der Waals surface area contributed by atoms with Gasteiger partial charge in [-0.2, -0.15) is 5.10 Å². The van der Waals surface area contributed by atoms with Crippen LogP contribution in [-0.2, 0) is 6.54 Å². The van der Waals surface area contributed by atoms with Crippen molar-refractivity contribution in [2.24, 2.45) is 0 Å². The lowest BCUT2D eigenvalue weighted by Crippen LogP contribution is -2.20. The van der Waals surface area contributed by atoms with E-state index in [-0.39, 0.29) is 17.7 Å². The van der Waals surface area contributed by atoms with E-state index in [1.165, 1.54) is 5.56 Å². The normalized spacial score (nSPS) is 19.4. The summed E-state index contributed by atoms with van der Waals surface area (Å²) in [7, 11) is 1.66. The molecule has 4 rings (SSSR count). The third-order valence-electron chi connectivity index (χ3n) is 5.55. The Hall–Kier alpha value is -2.86. The van der Waals surface area contributed by atoms with Crippen LogP contribution in [0.4, 0.5) is 4.39 Å². The van der Waals surface area contributed by atoms with Crippen LogP contribution in [-0.4, -0.2) is 41.9 Å². The van der Waals surface area contributed by atoms with Crippen molar-refractivity contribution in [3.05, 3.63) is 77.4 Å². The molecule has 0 amide bonds. The minimum atomic E-state index is -0.205. The number of methoxy groups -OCH3 is 1. The molecule has 152 valence electrons. The standard InChI is InChI=1S/C23H26FN3O2/c1-3-29-22-9-4-16(12-23(22)28-2)13-27-14-19(17-5-7-18(24)8-6-17)20(15-27)21-10-11-25-26-21/h4-12,19-20H,3,13-15H2,1-2H3,(H,25,26)/t19-,20+/m0/s1. The third kappa shape index (κ3) is 4.27. The number of benzene rings is 2. The number of nitrogens with one attached hydrogen (secondary N) is 1. The Morgan fingerprint density at radius 1 is 1.07 bits per heavy atom. The van der Waals surface area contributed by atoms with Crippen LogP contribution in [0.2, 0.25) is 0 Å². The molecule has 1 aromatic heterocycles. The first-order valence-electron chi connectivity index (χ1n) is 9.94. The molecule has 1 aliphatic heterocycles. The van der Waals surface area contributed by atoms with Gasteiger partial charge >= 0.3 is 0 Å². The molecule has 3 aromatic rings. The van der Waals surface area contributed by atoms with Crippen molar-refractivity contribution in [1.29, 1.82) is 0 Å². The van der Waals surface area contributed by atoms with E-state index in [0.717, 1.165) is 42.4 Å². The molecule has 29 heavy (non-hydrogen) atoms. The molecule has 1 fully saturated rings. The molecule has 6 heteroatoms. The van der Waals surface area contributed by atoms with Crippen molar-refractivity contribution in [3.63, 3.8) is 0 Å². The fraction of sp³-hybridized carbons (Fsp3) is 0.348. The number of likely N-dealkylation sites (tertiary alicyclic amines) is 1. The topological polar surface area (TPSA) is 50.4 Å². The lowest BCUT2D eigenvalue weighted by atomic mass is 9.87. The van der Waals surface area contributed by atoms with Crippen molar-refractivity contribution in [3.8, 4) is 11.5 Å². The van der Waals surface area contributed by atoms with Crippen LogP contribution in [0.15, 0.2) is 54.7 Å². The first-order valence-corrected chi connectivity index (χ1v) is 9.94. The van der Waals surface area contributed by atoms with Gasteiger partial charge < -0.3 is 9.47 Å². The second kappa shape index (κ2) is 8.66. The van der Waals surface area contributed by atoms with Gasteiger partial charge in [-0.1, -0.05) is 18.2 Å². The Morgan fingerprint density at radius 2 is 1.86 bits per heavy atom. The van der Waals surface area contributed by atoms with Gasteiger partial charge in [0.15, 0.2) is 11.5 Å². The van der Waals surface area contributed by atoms with Crippen LogP contribution in [0.3, 0.4) is 0 Å². The van der Waals surface area contributed by atoms with E-state index in [2.05, 4.69) is 21.2 Å². The predicted molar refractivity (Wildman–Crippen MR) is 110 cm³/mol. The van der Waals surface area contributed by atoms with Crippen molar-refractivity contribution >= 4 is 0 Å². The first-order chi connectivity index (χ1) is 14.2. The maximum atomic E-state index is 13.4. The average Bonchev–Trinajstić information content (AvgIpc) is 3.40. The second-order valence-electron chi connectivity index (χ2n) is 7.39. The summed E-state index contributed by atoms with van der Waals surface area (Å²) in [4.78, 5) is 2.43. The summed E-state index contributed by atoms with van der Waals surface area (Å²) in [6, 6.07) is 15.0. The number of ether oxygens (including phenoxy) is 2. The van der Waals surface area contributed by atoms with Crippen LogP contribution in [0.5, 0.6) is 11.5 Å². The number of hydrogen-bond donors (Lipinski definition) is 1. The Balaban J connectivity index is 1.55. The number of aromatic nitrogens is 2. The summed E-state index contributed by atoms with van der Waals surface area (Å²) in [5.74, 6) is 1.87. The quantitative estimate of drug-likeness (QED) is 0.647. The van der Waals surface area contributed by atoms with Gasteiger partial charge in [0.2, 0.25) is 0 Å². The van der Waals surface area contributed by atoms with Gasteiger partial charge in [-0.3, -0.25) is 10.00 Å².